The van der Waals surface area contributed by atoms with Crippen molar-refractivity contribution in [1.82, 2.24) is 10.1 Å². The molecule has 3 aromatic rings. The van der Waals surface area contributed by atoms with Gasteiger partial charge in [-0.3, -0.25) is 4.79 Å². The molecule has 0 N–H and O–H groups in total. The van der Waals surface area contributed by atoms with E-state index in [9.17, 15) is 4.79 Å². The SMILES string of the molecule is Cc1noc(C)c1C(=O)N1CCO[C@@H](Cc2cccc3ccccc23)C1. The first-order chi connectivity index (χ1) is 12.6. The third-order valence-corrected chi connectivity index (χ3v) is 5.00. The second-order valence-electron chi connectivity index (χ2n) is 6.79. The first-order valence-electron chi connectivity index (χ1n) is 8.94. The Hall–Kier alpha value is -2.66. The molecule has 2 heterocycles. The maximum absolute atomic E-state index is 12.9. The lowest BCUT2D eigenvalue weighted by atomic mass is 9.99. The highest BCUT2D eigenvalue weighted by Crippen LogP contribution is 2.23. The molecule has 2 aromatic carbocycles. The molecule has 5 nitrogen and oxygen atoms in total. The average Bonchev–Trinajstić information content (AvgIpc) is 3.00. The third kappa shape index (κ3) is 3.10. The van der Waals surface area contributed by atoms with Crippen molar-refractivity contribution < 1.29 is 14.1 Å². The summed E-state index contributed by atoms with van der Waals surface area (Å²) in [6.45, 7) is 5.30. The van der Waals surface area contributed by atoms with E-state index in [1.807, 2.05) is 11.0 Å². The Morgan fingerprint density at radius 2 is 2.00 bits per heavy atom. The second-order valence-corrected chi connectivity index (χ2v) is 6.79. The lowest BCUT2D eigenvalue weighted by Crippen LogP contribution is -2.46. The smallest absolute Gasteiger partial charge is 0.259 e. The van der Waals surface area contributed by atoms with Crippen LogP contribution in [0.4, 0.5) is 0 Å². The number of hydrogen-bond donors (Lipinski definition) is 0. The molecule has 0 spiro atoms. The molecule has 1 aliphatic rings. The van der Waals surface area contributed by atoms with E-state index >= 15 is 0 Å². The van der Waals surface area contributed by atoms with Crippen molar-refractivity contribution in [3.05, 3.63) is 65.0 Å². The quantitative estimate of drug-likeness (QED) is 0.725. The molecule has 0 saturated carbocycles. The maximum Gasteiger partial charge on any atom is 0.259 e. The van der Waals surface area contributed by atoms with Crippen LogP contribution in [-0.4, -0.2) is 41.8 Å². The molecule has 1 fully saturated rings. The fraction of sp³-hybridized carbons (Fsp3) is 0.333. The lowest BCUT2D eigenvalue weighted by molar-refractivity contribution is -0.0207. The van der Waals surface area contributed by atoms with Gasteiger partial charge < -0.3 is 14.2 Å². The van der Waals surface area contributed by atoms with Crippen molar-refractivity contribution in [2.45, 2.75) is 26.4 Å². The standard InChI is InChI=1S/C21H22N2O3/c1-14-20(15(2)26-22-14)21(24)23-10-11-25-18(13-23)12-17-8-5-7-16-6-3-4-9-19(16)17/h3-9,18H,10-13H2,1-2H3/t18-/m0/s1. The van der Waals surface area contributed by atoms with Gasteiger partial charge in [0.25, 0.3) is 5.91 Å². The van der Waals surface area contributed by atoms with Crippen molar-refractivity contribution >= 4 is 16.7 Å². The van der Waals surface area contributed by atoms with Crippen LogP contribution in [0.3, 0.4) is 0 Å². The summed E-state index contributed by atoms with van der Waals surface area (Å²) in [5.41, 5.74) is 2.47. The van der Waals surface area contributed by atoms with Gasteiger partial charge in [-0.2, -0.15) is 0 Å². The van der Waals surface area contributed by atoms with E-state index < -0.39 is 0 Å². The molecule has 4 rings (SSSR count). The van der Waals surface area contributed by atoms with Crippen molar-refractivity contribution in [3.63, 3.8) is 0 Å². The Bertz CT molecular complexity index is 923. The number of ether oxygens (including phenoxy) is 1. The highest BCUT2D eigenvalue weighted by molar-refractivity contribution is 5.96. The fourth-order valence-corrected chi connectivity index (χ4v) is 3.69. The number of benzene rings is 2. The van der Waals surface area contributed by atoms with Crippen LogP contribution in [0, 0.1) is 13.8 Å². The van der Waals surface area contributed by atoms with E-state index in [1.165, 1.54) is 16.3 Å². The largest absolute Gasteiger partial charge is 0.374 e. The molecule has 0 radical (unpaired) electrons. The highest BCUT2D eigenvalue weighted by Gasteiger charge is 2.29. The molecular weight excluding hydrogens is 328 g/mol. The molecule has 5 heteroatoms. The first kappa shape index (κ1) is 16.8. The molecule has 134 valence electrons. The van der Waals surface area contributed by atoms with E-state index in [1.54, 1.807) is 13.8 Å². The summed E-state index contributed by atoms with van der Waals surface area (Å²) in [7, 11) is 0. The zero-order valence-electron chi connectivity index (χ0n) is 15.1. The predicted octanol–water partition coefficient (Wildman–Crippen LogP) is 3.53. The van der Waals surface area contributed by atoms with Gasteiger partial charge in [-0.15, -0.1) is 0 Å². The number of fused-ring (bicyclic) bond motifs is 1. The van der Waals surface area contributed by atoms with E-state index in [4.69, 9.17) is 9.26 Å². The van der Waals surface area contributed by atoms with Crippen LogP contribution in [0.2, 0.25) is 0 Å². The molecule has 1 aromatic heterocycles. The Kier molecular flexibility index (Phi) is 4.47. The summed E-state index contributed by atoms with van der Waals surface area (Å²) < 4.78 is 11.1. The normalized spacial score (nSPS) is 17.6. The van der Waals surface area contributed by atoms with Gasteiger partial charge in [0.1, 0.15) is 11.3 Å². The van der Waals surface area contributed by atoms with Crippen LogP contribution >= 0.6 is 0 Å². The number of carbonyl (C=O) groups excluding carboxylic acids is 1. The highest BCUT2D eigenvalue weighted by atomic mass is 16.5. The zero-order chi connectivity index (χ0) is 18.1. The lowest BCUT2D eigenvalue weighted by Gasteiger charge is -2.33. The number of aryl methyl sites for hydroxylation is 2. The van der Waals surface area contributed by atoms with Gasteiger partial charge >= 0.3 is 0 Å². The van der Waals surface area contributed by atoms with Gasteiger partial charge in [0, 0.05) is 19.5 Å². The number of nitrogens with zero attached hydrogens (tertiary/aromatic N) is 2. The van der Waals surface area contributed by atoms with Gasteiger partial charge in [-0.05, 0) is 30.2 Å². The van der Waals surface area contributed by atoms with Gasteiger partial charge in [0.2, 0.25) is 0 Å². The zero-order valence-corrected chi connectivity index (χ0v) is 15.1. The average molecular weight is 350 g/mol. The van der Waals surface area contributed by atoms with Crippen LogP contribution in [0.25, 0.3) is 10.8 Å². The molecule has 1 aliphatic heterocycles. The van der Waals surface area contributed by atoms with E-state index in [2.05, 4.69) is 41.6 Å². The van der Waals surface area contributed by atoms with Crippen LogP contribution in [0.5, 0.6) is 0 Å². The fourth-order valence-electron chi connectivity index (χ4n) is 3.69. The van der Waals surface area contributed by atoms with Gasteiger partial charge in [0.15, 0.2) is 0 Å². The van der Waals surface area contributed by atoms with Crippen LogP contribution in [0.15, 0.2) is 47.0 Å². The third-order valence-electron chi connectivity index (χ3n) is 5.00. The van der Waals surface area contributed by atoms with Gasteiger partial charge in [-0.1, -0.05) is 47.6 Å². The van der Waals surface area contributed by atoms with E-state index in [0.29, 0.717) is 36.7 Å². The van der Waals surface area contributed by atoms with E-state index in [0.717, 1.165) is 6.42 Å². The van der Waals surface area contributed by atoms with Crippen LogP contribution in [0.1, 0.15) is 27.4 Å². The maximum atomic E-state index is 12.9. The predicted molar refractivity (Wildman–Crippen MR) is 99.3 cm³/mol. The summed E-state index contributed by atoms with van der Waals surface area (Å²) in [5.74, 6) is 0.553. The molecule has 26 heavy (non-hydrogen) atoms. The number of carbonyl (C=O) groups is 1. The number of amides is 1. The minimum atomic E-state index is -0.0209. The Morgan fingerprint density at radius 1 is 1.19 bits per heavy atom. The first-order valence-corrected chi connectivity index (χ1v) is 8.94. The molecule has 0 aliphatic carbocycles. The second kappa shape index (κ2) is 6.92. The summed E-state index contributed by atoms with van der Waals surface area (Å²) in [6.07, 6.45) is 0.770. The van der Waals surface area contributed by atoms with Gasteiger partial charge in [-0.25, -0.2) is 0 Å². The molecule has 0 unspecified atom stereocenters. The van der Waals surface area contributed by atoms with E-state index in [-0.39, 0.29) is 12.0 Å². The van der Waals surface area contributed by atoms with Gasteiger partial charge in [0.05, 0.1) is 18.4 Å². The van der Waals surface area contributed by atoms with Crippen molar-refractivity contribution in [1.29, 1.82) is 0 Å². The monoisotopic (exact) mass is 350 g/mol. The Balaban J connectivity index is 1.53. The molecule has 0 bridgehead atoms. The summed E-state index contributed by atoms with van der Waals surface area (Å²) >= 11 is 0. The van der Waals surface area contributed by atoms with Crippen LogP contribution < -0.4 is 0 Å². The van der Waals surface area contributed by atoms with Crippen molar-refractivity contribution in [3.8, 4) is 0 Å². The van der Waals surface area contributed by atoms with Crippen molar-refractivity contribution in [2.24, 2.45) is 0 Å². The molecule has 1 amide bonds. The number of rotatable bonds is 3. The molecular formula is C21H22N2O3. The number of aromatic nitrogens is 1. The molecule has 1 saturated heterocycles. The Morgan fingerprint density at radius 3 is 2.81 bits per heavy atom. The number of morpholine rings is 1. The molecule has 1 atom stereocenters. The number of hydrogen-bond acceptors (Lipinski definition) is 4. The minimum absolute atomic E-state index is 0.0148. The summed E-state index contributed by atoms with van der Waals surface area (Å²) in [4.78, 5) is 14.7. The van der Waals surface area contributed by atoms with Crippen LogP contribution in [-0.2, 0) is 11.2 Å². The summed E-state index contributed by atoms with van der Waals surface area (Å²) in [6, 6.07) is 14.7. The Labute approximate surface area is 152 Å². The van der Waals surface area contributed by atoms with Crippen molar-refractivity contribution in [2.75, 3.05) is 19.7 Å². The summed E-state index contributed by atoms with van der Waals surface area (Å²) in [5, 5.41) is 6.37. The topological polar surface area (TPSA) is 55.6 Å². The minimum Gasteiger partial charge on any atom is -0.374 e.